The molecular weight excluding hydrogens is 278 g/mol. The average molecular weight is 296 g/mol. The predicted octanol–water partition coefficient (Wildman–Crippen LogP) is 1.63. The first kappa shape index (κ1) is 14.6. The van der Waals surface area contributed by atoms with Crippen LogP contribution in [0, 0.1) is 13.8 Å². The zero-order valence-electron chi connectivity index (χ0n) is 11.6. The number of amides is 1. The molecule has 0 bridgehead atoms. The fourth-order valence-corrected chi connectivity index (χ4v) is 2.07. The minimum absolute atomic E-state index is 0.0632. The summed E-state index contributed by atoms with van der Waals surface area (Å²) in [4.78, 5) is 19.0. The summed E-state index contributed by atoms with van der Waals surface area (Å²) in [6.45, 7) is 4.49. The van der Waals surface area contributed by atoms with Gasteiger partial charge in [-0.25, -0.2) is 4.98 Å². The third-order valence-electron chi connectivity index (χ3n) is 3.05. The first-order chi connectivity index (χ1) is 9.58. The molecule has 0 saturated carbocycles. The molecule has 0 aliphatic carbocycles. The Morgan fingerprint density at radius 1 is 1.50 bits per heavy atom. The Labute approximate surface area is 122 Å². The topological polar surface area (TPSA) is 75.6 Å². The molecule has 2 N–H and O–H groups in total. The molecule has 0 radical (unpaired) electrons. The summed E-state index contributed by atoms with van der Waals surface area (Å²) in [6.07, 6.45) is 5.18. The fourth-order valence-electron chi connectivity index (χ4n) is 1.94. The molecule has 2 aromatic rings. The van der Waals surface area contributed by atoms with Crippen molar-refractivity contribution in [3.8, 4) is 0 Å². The Morgan fingerprint density at radius 2 is 2.30 bits per heavy atom. The number of rotatable bonds is 6. The Bertz CT molecular complexity index is 576. The Hall–Kier alpha value is -1.82. The lowest BCUT2D eigenvalue weighted by molar-refractivity contribution is -0.121. The maximum Gasteiger partial charge on any atom is 0.241 e. The van der Waals surface area contributed by atoms with Crippen molar-refractivity contribution in [3.63, 3.8) is 0 Å². The molecule has 108 valence electrons. The van der Waals surface area contributed by atoms with Gasteiger partial charge in [-0.15, -0.1) is 0 Å². The fraction of sp³-hybridized carbons (Fsp3) is 0.462. The molecule has 0 aliphatic rings. The molecule has 1 amide bonds. The van der Waals surface area contributed by atoms with Gasteiger partial charge >= 0.3 is 0 Å². The van der Waals surface area contributed by atoms with Crippen LogP contribution in [0.5, 0.6) is 0 Å². The smallest absolute Gasteiger partial charge is 0.241 e. The van der Waals surface area contributed by atoms with Crippen LogP contribution in [0.1, 0.15) is 23.6 Å². The van der Waals surface area contributed by atoms with Gasteiger partial charge in [0, 0.05) is 25.4 Å². The summed E-state index contributed by atoms with van der Waals surface area (Å²) in [6, 6.07) is 0. The second-order valence-electron chi connectivity index (χ2n) is 4.63. The van der Waals surface area contributed by atoms with Gasteiger partial charge in [0.25, 0.3) is 0 Å². The van der Waals surface area contributed by atoms with Gasteiger partial charge in [-0.2, -0.15) is 5.10 Å². The largest absolute Gasteiger partial charge is 0.354 e. The summed E-state index contributed by atoms with van der Waals surface area (Å²) in [5.41, 5.74) is 1.56. The predicted molar refractivity (Wildman–Crippen MR) is 76.6 cm³/mol. The highest BCUT2D eigenvalue weighted by molar-refractivity contribution is 6.31. The van der Waals surface area contributed by atoms with Gasteiger partial charge in [0.1, 0.15) is 12.4 Å². The summed E-state index contributed by atoms with van der Waals surface area (Å²) in [5.74, 6) is 0.872. The number of aromatic nitrogens is 4. The number of hydrogen-bond acceptors (Lipinski definition) is 3. The summed E-state index contributed by atoms with van der Waals surface area (Å²) < 4.78 is 1.62. The third-order valence-corrected chi connectivity index (χ3v) is 3.60. The van der Waals surface area contributed by atoms with Crippen LogP contribution in [0.25, 0.3) is 0 Å². The Morgan fingerprint density at radius 3 is 2.90 bits per heavy atom. The SMILES string of the molecule is Cc1nn(CC(=O)NCCCc2ncc[nH]2)c(C)c1Cl. The lowest BCUT2D eigenvalue weighted by Gasteiger charge is -2.06. The molecule has 6 nitrogen and oxygen atoms in total. The first-order valence-electron chi connectivity index (χ1n) is 6.52. The molecule has 0 fully saturated rings. The molecule has 0 aliphatic heterocycles. The van der Waals surface area contributed by atoms with Crippen molar-refractivity contribution < 1.29 is 4.79 Å². The van der Waals surface area contributed by atoms with E-state index in [0.29, 0.717) is 11.6 Å². The van der Waals surface area contributed by atoms with Crippen molar-refractivity contribution >= 4 is 17.5 Å². The Balaban J connectivity index is 1.74. The Kier molecular flexibility index (Phi) is 4.79. The molecule has 0 unspecified atom stereocenters. The zero-order chi connectivity index (χ0) is 14.5. The number of carbonyl (C=O) groups excluding carboxylic acids is 1. The lowest BCUT2D eigenvalue weighted by atomic mass is 10.3. The van der Waals surface area contributed by atoms with Crippen LogP contribution in [0.4, 0.5) is 0 Å². The number of imidazole rings is 1. The second-order valence-corrected chi connectivity index (χ2v) is 5.01. The maximum atomic E-state index is 11.8. The first-order valence-corrected chi connectivity index (χ1v) is 6.90. The number of halogens is 1. The number of carbonyl (C=O) groups is 1. The molecule has 0 aromatic carbocycles. The molecule has 20 heavy (non-hydrogen) atoms. The standard InChI is InChI=1S/C13H18ClN5O/c1-9-13(14)10(2)19(18-9)8-12(20)17-5-3-4-11-15-6-7-16-11/h6-7H,3-5,8H2,1-2H3,(H,15,16)(H,17,20). The van der Waals surface area contributed by atoms with Gasteiger partial charge in [0.2, 0.25) is 5.91 Å². The number of aryl methyl sites for hydroxylation is 2. The number of nitrogens with zero attached hydrogens (tertiary/aromatic N) is 3. The zero-order valence-corrected chi connectivity index (χ0v) is 12.4. The quantitative estimate of drug-likeness (QED) is 0.795. The van der Waals surface area contributed by atoms with E-state index in [0.717, 1.165) is 30.1 Å². The van der Waals surface area contributed by atoms with Gasteiger partial charge in [-0.3, -0.25) is 9.48 Å². The highest BCUT2D eigenvalue weighted by Gasteiger charge is 2.11. The lowest BCUT2D eigenvalue weighted by Crippen LogP contribution is -2.29. The highest BCUT2D eigenvalue weighted by atomic mass is 35.5. The van der Waals surface area contributed by atoms with Crippen LogP contribution in [0.3, 0.4) is 0 Å². The van der Waals surface area contributed by atoms with Crippen LogP contribution in [0.2, 0.25) is 5.02 Å². The van der Waals surface area contributed by atoms with E-state index in [2.05, 4.69) is 20.4 Å². The average Bonchev–Trinajstić information content (AvgIpc) is 3.01. The second kappa shape index (κ2) is 6.56. The van der Waals surface area contributed by atoms with E-state index in [4.69, 9.17) is 11.6 Å². The van der Waals surface area contributed by atoms with Gasteiger partial charge in [0.15, 0.2) is 0 Å². The van der Waals surface area contributed by atoms with Gasteiger partial charge in [-0.1, -0.05) is 11.6 Å². The summed E-state index contributed by atoms with van der Waals surface area (Å²) in [7, 11) is 0. The van der Waals surface area contributed by atoms with E-state index >= 15 is 0 Å². The van der Waals surface area contributed by atoms with Crippen molar-refractivity contribution in [1.29, 1.82) is 0 Å². The van der Waals surface area contributed by atoms with Crippen LogP contribution in [0.15, 0.2) is 12.4 Å². The van der Waals surface area contributed by atoms with Crippen LogP contribution < -0.4 is 5.32 Å². The molecule has 2 heterocycles. The highest BCUT2D eigenvalue weighted by Crippen LogP contribution is 2.18. The number of nitrogens with one attached hydrogen (secondary N) is 2. The van der Waals surface area contributed by atoms with Crippen LogP contribution in [-0.2, 0) is 17.8 Å². The van der Waals surface area contributed by atoms with Gasteiger partial charge in [-0.05, 0) is 20.3 Å². The van der Waals surface area contributed by atoms with E-state index < -0.39 is 0 Å². The number of hydrogen-bond donors (Lipinski definition) is 2. The van der Waals surface area contributed by atoms with Gasteiger partial charge < -0.3 is 10.3 Å². The normalized spacial score (nSPS) is 10.8. The van der Waals surface area contributed by atoms with Crippen molar-refractivity contribution in [2.45, 2.75) is 33.2 Å². The van der Waals surface area contributed by atoms with Crippen LogP contribution >= 0.6 is 11.6 Å². The van der Waals surface area contributed by atoms with E-state index in [1.165, 1.54) is 0 Å². The van der Waals surface area contributed by atoms with Crippen LogP contribution in [-0.4, -0.2) is 32.2 Å². The monoisotopic (exact) mass is 295 g/mol. The van der Waals surface area contributed by atoms with E-state index in [1.54, 1.807) is 17.1 Å². The minimum Gasteiger partial charge on any atom is -0.354 e. The third kappa shape index (κ3) is 3.60. The van der Waals surface area contributed by atoms with Crippen molar-refractivity contribution in [3.05, 3.63) is 34.6 Å². The van der Waals surface area contributed by atoms with Gasteiger partial charge in [0.05, 0.1) is 16.4 Å². The molecule has 7 heteroatoms. The number of H-pyrrole nitrogens is 1. The summed E-state index contributed by atoms with van der Waals surface area (Å²) in [5, 5.41) is 7.71. The van der Waals surface area contributed by atoms with E-state index in [9.17, 15) is 4.79 Å². The minimum atomic E-state index is -0.0632. The summed E-state index contributed by atoms with van der Waals surface area (Å²) >= 11 is 6.04. The van der Waals surface area contributed by atoms with Crippen molar-refractivity contribution in [2.75, 3.05) is 6.54 Å². The maximum absolute atomic E-state index is 11.8. The number of aromatic amines is 1. The molecular formula is C13H18ClN5O. The molecule has 2 aromatic heterocycles. The van der Waals surface area contributed by atoms with Crippen molar-refractivity contribution in [2.24, 2.45) is 0 Å². The molecule has 2 rings (SSSR count). The van der Waals surface area contributed by atoms with E-state index in [1.807, 2.05) is 13.8 Å². The van der Waals surface area contributed by atoms with E-state index in [-0.39, 0.29) is 12.5 Å². The van der Waals surface area contributed by atoms with Crippen molar-refractivity contribution in [1.82, 2.24) is 25.1 Å². The molecule has 0 spiro atoms. The molecule has 0 saturated heterocycles. The molecule has 0 atom stereocenters.